The van der Waals surface area contributed by atoms with Gasteiger partial charge in [-0.05, 0) is 30.5 Å². The molecule has 3 heteroatoms. The van der Waals surface area contributed by atoms with E-state index in [2.05, 4.69) is 0 Å². The summed E-state index contributed by atoms with van der Waals surface area (Å²) in [6.07, 6.45) is 3.61. The highest BCUT2D eigenvalue weighted by molar-refractivity contribution is 5.97. The lowest BCUT2D eigenvalue weighted by Gasteiger charge is -2.29. The van der Waals surface area contributed by atoms with Gasteiger partial charge in [0.05, 0.1) is 0 Å². The van der Waals surface area contributed by atoms with Gasteiger partial charge in [-0.2, -0.15) is 0 Å². The molecule has 3 rings (SSSR count). The lowest BCUT2D eigenvalue weighted by Crippen LogP contribution is -2.27. The van der Waals surface area contributed by atoms with Gasteiger partial charge in [-0.15, -0.1) is 0 Å². The lowest BCUT2D eigenvalue weighted by atomic mass is 9.73. The summed E-state index contributed by atoms with van der Waals surface area (Å²) < 4.78 is 13.3. The van der Waals surface area contributed by atoms with Crippen LogP contribution in [0.4, 0.5) is 4.39 Å². The molecule has 0 aliphatic heterocycles. The van der Waals surface area contributed by atoms with Gasteiger partial charge >= 0.3 is 0 Å². The van der Waals surface area contributed by atoms with Gasteiger partial charge < -0.3 is 0 Å². The van der Waals surface area contributed by atoms with Crippen molar-refractivity contribution in [3.8, 4) is 0 Å². The van der Waals surface area contributed by atoms with Crippen LogP contribution >= 0.6 is 0 Å². The smallest absolute Gasteiger partial charge is 0.163 e. The van der Waals surface area contributed by atoms with Gasteiger partial charge in [0.1, 0.15) is 11.6 Å². The maximum atomic E-state index is 13.3. The maximum Gasteiger partial charge on any atom is 0.163 e. The van der Waals surface area contributed by atoms with Crippen LogP contribution in [0.2, 0.25) is 0 Å². The molecule has 0 heterocycles. The van der Waals surface area contributed by atoms with E-state index in [1.165, 1.54) is 12.1 Å². The van der Waals surface area contributed by atoms with Crippen LogP contribution in [-0.2, 0) is 4.79 Å². The second kappa shape index (κ2) is 7.52. The Morgan fingerprint density at radius 2 is 1.75 bits per heavy atom. The van der Waals surface area contributed by atoms with Crippen molar-refractivity contribution in [3.63, 3.8) is 0 Å². The summed E-state index contributed by atoms with van der Waals surface area (Å²) >= 11 is 0. The van der Waals surface area contributed by atoms with Crippen LogP contribution in [0.5, 0.6) is 0 Å². The summed E-state index contributed by atoms with van der Waals surface area (Å²) in [6.45, 7) is 0. The van der Waals surface area contributed by atoms with Gasteiger partial charge in [-0.3, -0.25) is 9.59 Å². The third-order valence-corrected chi connectivity index (χ3v) is 4.89. The SMILES string of the molecule is O=C(C[C@H](c1ccc(F)cc1)[C@@H]1CCCCC1=O)c1ccccc1. The normalized spacial score (nSPS) is 19.0. The fourth-order valence-corrected chi connectivity index (χ4v) is 3.58. The molecule has 0 aromatic heterocycles. The number of ketones is 2. The first-order valence-corrected chi connectivity index (χ1v) is 8.51. The molecule has 1 aliphatic carbocycles. The Morgan fingerprint density at radius 3 is 2.42 bits per heavy atom. The van der Waals surface area contributed by atoms with Crippen molar-refractivity contribution in [1.82, 2.24) is 0 Å². The number of hydrogen-bond donors (Lipinski definition) is 0. The van der Waals surface area contributed by atoms with Gasteiger partial charge in [0.2, 0.25) is 0 Å². The molecule has 1 fully saturated rings. The van der Waals surface area contributed by atoms with Crippen LogP contribution in [0.25, 0.3) is 0 Å². The Kier molecular flexibility index (Phi) is 5.19. The Balaban J connectivity index is 1.88. The minimum atomic E-state index is -0.304. The Morgan fingerprint density at radius 1 is 1.04 bits per heavy atom. The van der Waals surface area contributed by atoms with E-state index in [1.807, 2.05) is 18.2 Å². The summed E-state index contributed by atoms with van der Waals surface area (Å²) in [4.78, 5) is 25.1. The summed E-state index contributed by atoms with van der Waals surface area (Å²) in [5.41, 5.74) is 1.54. The highest BCUT2D eigenvalue weighted by Crippen LogP contribution is 2.37. The monoisotopic (exact) mass is 324 g/mol. The summed E-state index contributed by atoms with van der Waals surface area (Å²) in [7, 11) is 0. The van der Waals surface area contributed by atoms with Gasteiger partial charge in [0.15, 0.2) is 5.78 Å². The molecule has 0 bridgehead atoms. The average molecular weight is 324 g/mol. The molecule has 1 aliphatic rings. The van der Waals surface area contributed by atoms with Crippen LogP contribution in [0, 0.1) is 11.7 Å². The maximum absolute atomic E-state index is 13.3. The van der Waals surface area contributed by atoms with Gasteiger partial charge in [-0.25, -0.2) is 4.39 Å². The average Bonchev–Trinajstić information content (AvgIpc) is 2.62. The molecule has 124 valence electrons. The number of Topliss-reactive ketones (excluding diaryl/α,β-unsaturated/α-hetero) is 2. The van der Waals surface area contributed by atoms with E-state index >= 15 is 0 Å². The van der Waals surface area contributed by atoms with Crippen LogP contribution in [-0.4, -0.2) is 11.6 Å². The molecule has 0 radical (unpaired) electrons. The molecule has 0 amide bonds. The second-order valence-electron chi connectivity index (χ2n) is 6.47. The zero-order valence-electron chi connectivity index (χ0n) is 13.6. The number of hydrogen-bond acceptors (Lipinski definition) is 2. The molecular weight excluding hydrogens is 303 g/mol. The second-order valence-corrected chi connectivity index (χ2v) is 6.47. The van der Waals surface area contributed by atoms with Crippen LogP contribution in [0.1, 0.15) is 53.9 Å². The third kappa shape index (κ3) is 3.78. The lowest BCUT2D eigenvalue weighted by molar-refractivity contribution is -0.125. The number of rotatable bonds is 5. The molecular formula is C21H21FO2. The quantitative estimate of drug-likeness (QED) is 0.730. The van der Waals surface area contributed by atoms with Crippen molar-refractivity contribution < 1.29 is 14.0 Å². The van der Waals surface area contributed by atoms with E-state index in [9.17, 15) is 14.0 Å². The molecule has 24 heavy (non-hydrogen) atoms. The van der Waals surface area contributed by atoms with Crippen LogP contribution < -0.4 is 0 Å². The Labute approximate surface area is 141 Å². The van der Waals surface area contributed by atoms with E-state index in [1.54, 1.807) is 24.3 Å². The zero-order valence-corrected chi connectivity index (χ0v) is 13.6. The minimum Gasteiger partial charge on any atom is -0.299 e. The topological polar surface area (TPSA) is 34.1 Å². The summed E-state index contributed by atoms with van der Waals surface area (Å²) in [5.74, 6) is -0.357. The van der Waals surface area contributed by atoms with Crippen molar-refractivity contribution in [1.29, 1.82) is 0 Å². The molecule has 2 aromatic rings. The fourth-order valence-electron chi connectivity index (χ4n) is 3.58. The first kappa shape index (κ1) is 16.6. The first-order chi connectivity index (χ1) is 11.6. The Hall–Kier alpha value is -2.29. The van der Waals surface area contributed by atoms with E-state index in [4.69, 9.17) is 0 Å². The van der Waals surface area contributed by atoms with Crippen molar-refractivity contribution in [2.45, 2.75) is 38.0 Å². The van der Waals surface area contributed by atoms with Crippen molar-refractivity contribution in [3.05, 3.63) is 71.5 Å². The predicted molar refractivity (Wildman–Crippen MR) is 91.5 cm³/mol. The number of carbonyl (C=O) groups excluding carboxylic acids is 2. The Bertz CT molecular complexity index is 706. The first-order valence-electron chi connectivity index (χ1n) is 8.51. The minimum absolute atomic E-state index is 0.0308. The van der Waals surface area contributed by atoms with Crippen molar-refractivity contribution >= 4 is 11.6 Å². The zero-order chi connectivity index (χ0) is 16.9. The van der Waals surface area contributed by atoms with Crippen LogP contribution in [0.15, 0.2) is 54.6 Å². The molecule has 2 aromatic carbocycles. The highest BCUT2D eigenvalue weighted by atomic mass is 19.1. The number of halogens is 1. The van der Waals surface area contributed by atoms with Crippen molar-refractivity contribution in [2.75, 3.05) is 0 Å². The number of benzene rings is 2. The predicted octanol–water partition coefficient (Wildman–Crippen LogP) is 4.94. The van der Waals surface area contributed by atoms with E-state index in [0.29, 0.717) is 12.0 Å². The van der Waals surface area contributed by atoms with Gasteiger partial charge in [0, 0.05) is 30.2 Å². The fraction of sp³-hybridized carbons (Fsp3) is 0.333. The molecule has 0 spiro atoms. The molecule has 0 N–H and O–H groups in total. The largest absolute Gasteiger partial charge is 0.299 e. The van der Waals surface area contributed by atoms with Gasteiger partial charge in [-0.1, -0.05) is 48.9 Å². The van der Waals surface area contributed by atoms with Gasteiger partial charge in [0.25, 0.3) is 0 Å². The molecule has 2 atom stereocenters. The van der Waals surface area contributed by atoms with E-state index < -0.39 is 0 Å². The standard InChI is InChI=1S/C21H21FO2/c22-17-12-10-15(11-13-17)19(18-8-4-5-9-20(18)23)14-21(24)16-6-2-1-3-7-16/h1-3,6-7,10-13,18-19H,4-5,8-9,14H2/t18-,19+/m0/s1. The molecule has 1 saturated carbocycles. The highest BCUT2D eigenvalue weighted by Gasteiger charge is 2.32. The molecule has 0 saturated heterocycles. The molecule has 0 unspecified atom stereocenters. The number of carbonyl (C=O) groups is 2. The van der Waals surface area contributed by atoms with Crippen molar-refractivity contribution in [2.24, 2.45) is 5.92 Å². The van der Waals surface area contributed by atoms with E-state index in [0.717, 1.165) is 24.8 Å². The summed E-state index contributed by atoms with van der Waals surface area (Å²) in [5, 5.41) is 0. The van der Waals surface area contributed by atoms with E-state index in [-0.39, 0.29) is 35.6 Å². The van der Waals surface area contributed by atoms with Crippen LogP contribution in [0.3, 0.4) is 0 Å². The summed E-state index contributed by atoms with van der Waals surface area (Å²) in [6, 6.07) is 15.4. The molecule has 2 nitrogen and oxygen atoms in total. The third-order valence-electron chi connectivity index (χ3n) is 4.89.